The van der Waals surface area contributed by atoms with Crippen molar-refractivity contribution in [3.63, 3.8) is 0 Å². The Hall–Kier alpha value is -0.830. The van der Waals surface area contributed by atoms with Gasteiger partial charge in [-0.3, -0.25) is 4.40 Å². The van der Waals surface area contributed by atoms with Crippen LogP contribution in [0.4, 0.5) is 0 Å². The molecule has 0 bridgehead atoms. The van der Waals surface area contributed by atoms with Gasteiger partial charge in [0.25, 0.3) is 0 Å². The van der Waals surface area contributed by atoms with Crippen LogP contribution < -0.4 is 0 Å². The predicted molar refractivity (Wildman–Crippen MR) is 70.5 cm³/mol. The Kier molecular flexibility index (Phi) is 2.42. The predicted octanol–water partition coefficient (Wildman–Crippen LogP) is 3.99. The molecule has 0 saturated heterocycles. The maximum Gasteiger partial charge on any atom is 0.194 e. The van der Waals surface area contributed by atoms with E-state index in [2.05, 4.69) is 57.5 Å². The summed E-state index contributed by atoms with van der Waals surface area (Å²) in [4.78, 5) is 5.90. The Morgan fingerprint density at radius 1 is 1.06 bits per heavy atom. The molecule has 0 saturated carbocycles. The van der Waals surface area contributed by atoms with Gasteiger partial charge in [0.05, 0.1) is 11.4 Å². The molecule has 0 aromatic carbocycles. The molecule has 3 heteroatoms. The average molecular weight is 236 g/mol. The van der Waals surface area contributed by atoms with E-state index >= 15 is 0 Å². The van der Waals surface area contributed by atoms with E-state index in [0.717, 1.165) is 4.96 Å². The topological polar surface area (TPSA) is 17.3 Å². The number of imidazole rings is 1. The lowest BCUT2D eigenvalue weighted by Gasteiger charge is -2.25. The number of nitrogens with zero attached hydrogens (tertiary/aromatic N) is 2. The highest BCUT2D eigenvalue weighted by Gasteiger charge is 2.30. The minimum atomic E-state index is 0.106. The van der Waals surface area contributed by atoms with Crippen molar-refractivity contribution in [1.82, 2.24) is 9.38 Å². The largest absolute Gasteiger partial charge is 0.294 e. The lowest BCUT2D eigenvalue weighted by molar-refractivity contribution is 0.506. The van der Waals surface area contributed by atoms with Gasteiger partial charge in [0, 0.05) is 22.4 Å². The number of aromatic nitrogens is 2. The van der Waals surface area contributed by atoms with Crippen molar-refractivity contribution in [3.05, 3.63) is 23.0 Å². The maximum absolute atomic E-state index is 4.79. The van der Waals surface area contributed by atoms with Gasteiger partial charge < -0.3 is 0 Å². The molecule has 0 unspecified atom stereocenters. The molecule has 2 nitrogen and oxygen atoms in total. The first kappa shape index (κ1) is 11.6. The zero-order chi connectivity index (χ0) is 12.1. The van der Waals surface area contributed by atoms with E-state index in [1.165, 1.54) is 11.4 Å². The molecule has 0 atom stereocenters. The Labute approximate surface area is 101 Å². The van der Waals surface area contributed by atoms with Gasteiger partial charge in [0.2, 0.25) is 0 Å². The van der Waals surface area contributed by atoms with Crippen LogP contribution in [0.15, 0.2) is 11.6 Å². The number of fused-ring (bicyclic) bond motifs is 1. The molecule has 0 spiro atoms. The fourth-order valence-electron chi connectivity index (χ4n) is 2.03. The highest BCUT2D eigenvalue weighted by molar-refractivity contribution is 7.15. The smallest absolute Gasteiger partial charge is 0.194 e. The number of hydrogen-bond acceptors (Lipinski definition) is 2. The Bertz CT molecular complexity index is 506. The summed E-state index contributed by atoms with van der Waals surface area (Å²) in [7, 11) is 0. The molecule has 2 aromatic heterocycles. The van der Waals surface area contributed by atoms with Crippen molar-refractivity contribution in [3.8, 4) is 0 Å². The summed E-state index contributed by atoms with van der Waals surface area (Å²) in [5.41, 5.74) is 2.81. The van der Waals surface area contributed by atoms with Crippen LogP contribution in [0, 0.1) is 0 Å². The monoisotopic (exact) mass is 236 g/mol. The molecule has 2 aromatic rings. The summed E-state index contributed by atoms with van der Waals surface area (Å²) >= 11 is 1.71. The minimum absolute atomic E-state index is 0.106. The fourth-order valence-corrected chi connectivity index (χ4v) is 2.74. The van der Waals surface area contributed by atoms with Crippen molar-refractivity contribution in [2.45, 2.75) is 52.4 Å². The lowest BCUT2D eigenvalue weighted by atomic mass is 9.82. The molecule has 16 heavy (non-hydrogen) atoms. The van der Waals surface area contributed by atoms with Crippen molar-refractivity contribution in [1.29, 1.82) is 0 Å². The van der Waals surface area contributed by atoms with Gasteiger partial charge in [0.1, 0.15) is 0 Å². The summed E-state index contributed by atoms with van der Waals surface area (Å²) in [6, 6.07) is 0. The molecule has 0 aliphatic heterocycles. The van der Waals surface area contributed by atoms with Crippen LogP contribution in [-0.4, -0.2) is 9.38 Å². The quantitative estimate of drug-likeness (QED) is 0.676. The second-order valence-electron chi connectivity index (χ2n) is 6.36. The van der Waals surface area contributed by atoms with Crippen molar-refractivity contribution >= 4 is 16.3 Å². The van der Waals surface area contributed by atoms with Gasteiger partial charge in [-0.05, 0) is 0 Å². The third-order valence-electron chi connectivity index (χ3n) is 2.68. The molecule has 0 aliphatic rings. The molecule has 0 radical (unpaired) electrons. The van der Waals surface area contributed by atoms with E-state index in [1.54, 1.807) is 11.3 Å². The summed E-state index contributed by atoms with van der Waals surface area (Å²) in [6.07, 6.45) is 2.13. The van der Waals surface area contributed by atoms with Gasteiger partial charge in [-0.2, -0.15) is 0 Å². The van der Waals surface area contributed by atoms with E-state index in [-0.39, 0.29) is 10.8 Å². The third kappa shape index (κ3) is 1.77. The number of rotatable bonds is 0. The summed E-state index contributed by atoms with van der Waals surface area (Å²) in [6.45, 7) is 13.5. The van der Waals surface area contributed by atoms with E-state index < -0.39 is 0 Å². The SMILES string of the molecule is CC(C)(C)c1nc2sccn2c1C(C)(C)C. The molecule has 0 fully saturated rings. The standard InChI is InChI=1S/C13H20N2S/c1-12(2,3)9-10(13(4,5)6)15-7-8-16-11(15)14-9/h7-8H,1-6H3. The zero-order valence-electron chi connectivity index (χ0n) is 11.0. The van der Waals surface area contributed by atoms with Crippen molar-refractivity contribution in [2.24, 2.45) is 0 Å². The van der Waals surface area contributed by atoms with E-state index in [1.807, 2.05) is 0 Å². The first-order valence-electron chi connectivity index (χ1n) is 5.68. The third-order valence-corrected chi connectivity index (χ3v) is 3.44. The number of thiazole rings is 1. The highest BCUT2D eigenvalue weighted by atomic mass is 32.1. The van der Waals surface area contributed by atoms with Crippen LogP contribution >= 0.6 is 11.3 Å². The van der Waals surface area contributed by atoms with E-state index in [4.69, 9.17) is 4.98 Å². The van der Waals surface area contributed by atoms with Crippen LogP contribution in [0.1, 0.15) is 52.9 Å². The van der Waals surface area contributed by atoms with Gasteiger partial charge >= 0.3 is 0 Å². The molecule has 88 valence electrons. The van der Waals surface area contributed by atoms with Crippen LogP contribution in [0.25, 0.3) is 4.96 Å². The average Bonchev–Trinajstić information content (AvgIpc) is 2.53. The van der Waals surface area contributed by atoms with E-state index in [0.29, 0.717) is 0 Å². The van der Waals surface area contributed by atoms with Crippen LogP contribution in [-0.2, 0) is 10.8 Å². The molecule has 2 rings (SSSR count). The van der Waals surface area contributed by atoms with Crippen LogP contribution in [0.3, 0.4) is 0 Å². The minimum Gasteiger partial charge on any atom is -0.294 e. The fraction of sp³-hybridized carbons (Fsp3) is 0.615. The molecular formula is C13H20N2S. The summed E-state index contributed by atoms with van der Waals surface area (Å²) in [5, 5.41) is 2.10. The van der Waals surface area contributed by atoms with Gasteiger partial charge in [-0.25, -0.2) is 4.98 Å². The molecular weight excluding hydrogens is 216 g/mol. The molecule has 0 aliphatic carbocycles. The van der Waals surface area contributed by atoms with Crippen LogP contribution in [0.5, 0.6) is 0 Å². The van der Waals surface area contributed by atoms with Crippen LogP contribution in [0.2, 0.25) is 0 Å². The van der Waals surface area contributed by atoms with Gasteiger partial charge in [-0.1, -0.05) is 41.5 Å². The zero-order valence-corrected chi connectivity index (χ0v) is 11.8. The van der Waals surface area contributed by atoms with Gasteiger partial charge in [-0.15, -0.1) is 11.3 Å². The summed E-state index contributed by atoms with van der Waals surface area (Å²) < 4.78 is 2.24. The van der Waals surface area contributed by atoms with Crippen molar-refractivity contribution < 1.29 is 0 Å². The number of hydrogen-bond donors (Lipinski definition) is 0. The van der Waals surface area contributed by atoms with E-state index in [9.17, 15) is 0 Å². The first-order valence-corrected chi connectivity index (χ1v) is 6.56. The summed E-state index contributed by atoms with van der Waals surface area (Å²) in [5.74, 6) is 0. The highest BCUT2D eigenvalue weighted by Crippen LogP contribution is 2.35. The normalized spacial score (nSPS) is 13.6. The van der Waals surface area contributed by atoms with Crippen molar-refractivity contribution in [2.75, 3.05) is 0 Å². The Morgan fingerprint density at radius 3 is 2.19 bits per heavy atom. The molecule has 0 amide bonds. The molecule has 0 N–H and O–H groups in total. The van der Waals surface area contributed by atoms with Gasteiger partial charge in [0.15, 0.2) is 4.96 Å². The second kappa shape index (κ2) is 3.33. The second-order valence-corrected chi connectivity index (χ2v) is 7.24. The molecule has 2 heterocycles. The Morgan fingerprint density at radius 2 is 1.69 bits per heavy atom. The first-order chi connectivity index (χ1) is 7.21. The Balaban J connectivity index is 2.79. The lowest BCUT2D eigenvalue weighted by Crippen LogP contribution is -2.23. The maximum atomic E-state index is 4.79.